The first-order valence-electron chi connectivity index (χ1n) is 10.1. The molecule has 0 aliphatic carbocycles. The van der Waals surface area contributed by atoms with Gasteiger partial charge >= 0.3 is 0 Å². The molecule has 5 aromatic rings. The van der Waals surface area contributed by atoms with Gasteiger partial charge in [0.25, 0.3) is 0 Å². The topological polar surface area (TPSA) is 38.0 Å². The van der Waals surface area contributed by atoms with E-state index in [0.29, 0.717) is 0 Å². The molecule has 0 saturated carbocycles. The minimum Gasteiger partial charge on any atom is -0.399 e. The van der Waals surface area contributed by atoms with Crippen LogP contribution in [0.15, 0.2) is 115 Å². The molecule has 0 amide bonds. The van der Waals surface area contributed by atoms with Gasteiger partial charge in [0.15, 0.2) is 0 Å². The van der Waals surface area contributed by atoms with E-state index < -0.39 is 0 Å². The third kappa shape index (κ3) is 3.51. The first-order chi connectivity index (χ1) is 14.8. The molecule has 2 nitrogen and oxygen atoms in total. The van der Waals surface area contributed by atoms with Gasteiger partial charge in [-0.05, 0) is 58.0 Å². The van der Waals surface area contributed by atoms with Crippen molar-refractivity contribution in [3.05, 3.63) is 115 Å². The number of anilines is 3. The van der Waals surface area contributed by atoms with Crippen LogP contribution in [0.4, 0.5) is 17.1 Å². The second-order valence-electron chi connectivity index (χ2n) is 7.40. The normalized spacial score (nSPS) is 10.8. The maximum Gasteiger partial charge on any atom is 0.0464 e. The maximum absolute atomic E-state index is 5.80. The zero-order chi connectivity index (χ0) is 20.3. The first kappa shape index (κ1) is 18.0. The van der Waals surface area contributed by atoms with Gasteiger partial charge in [0.1, 0.15) is 0 Å². The Bertz CT molecular complexity index is 1290. The molecule has 0 aromatic heterocycles. The highest BCUT2D eigenvalue weighted by molar-refractivity contribution is 6.04. The molecule has 0 heterocycles. The molecule has 30 heavy (non-hydrogen) atoms. The number of hydrogen-bond acceptors (Lipinski definition) is 2. The van der Waals surface area contributed by atoms with Crippen molar-refractivity contribution >= 4 is 27.8 Å². The van der Waals surface area contributed by atoms with Gasteiger partial charge in [-0.15, -0.1) is 0 Å². The number of fused-ring (bicyclic) bond motifs is 1. The summed E-state index contributed by atoms with van der Waals surface area (Å²) in [7, 11) is 0. The van der Waals surface area contributed by atoms with E-state index in [2.05, 4.69) is 96.3 Å². The van der Waals surface area contributed by atoms with E-state index in [1.165, 1.54) is 27.5 Å². The molecular weight excluding hydrogens is 364 g/mol. The zero-order valence-electron chi connectivity index (χ0n) is 16.5. The van der Waals surface area contributed by atoms with Crippen LogP contribution in [0.3, 0.4) is 0 Å². The molecule has 0 unspecified atom stereocenters. The number of hydrogen-bond donors (Lipinski definition) is 2. The molecule has 0 saturated heterocycles. The monoisotopic (exact) mass is 386 g/mol. The summed E-state index contributed by atoms with van der Waals surface area (Å²) < 4.78 is 0. The molecule has 0 spiro atoms. The van der Waals surface area contributed by atoms with Crippen LogP contribution in [0, 0.1) is 0 Å². The predicted octanol–water partition coefficient (Wildman–Crippen LogP) is 7.50. The van der Waals surface area contributed by atoms with E-state index in [4.69, 9.17) is 5.73 Å². The van der Waals surface area contributed by atoms with E-state index in [1.54, 1.807) is 0 Å². The Labute approximate surface area is 176 Å². The van der Waals surface area contributed by atoms with Crippen LogP contribution >= 0.6 is 0 Å². The van der Waals surface area contributed by atoms with Crippen molar-refractivity contribution < 1.29 is 0 Å². The summed E-state index contributed by atoms with van der Waals surface area (Å²) in [6.45, 7) is 0. The fraction of sp³-hybridized carbons (Fsp3) is 0. The molecule has 0 aliphatic heterocycles. The second kappa shape index (κ2) is 7.76. The maximum atomic E-state index is 5.80. The summed E-state index contributed by atoms with van der Waals surface area (Å²) in [4.78, 5) is 0. The number of benzene rings is 5. The second-order valence-corrected chi connectivity index (χ2v) is 7.40. The van der Waals surface area contributed by atoms with E-state index in [-0.39, 0.29) is 0 Å². The van der Waals surface area contributed by atoms with E-state index >= 15 is 0 Å². The summed E-state index contributed by atoms with van der Waals surface area (Å²) in [5, 5.41) is 6.05. The lowest BCUT2D eigenvalue weighted by Crippen LogP contribution is -1.93. The molecule has 5 aromatic carbocycles. The third-order valence-corrected chi connectivity index (χ3v) is 5.42. The quantitative estimate of drug-likeness (QED) is 0.314. The summed E-state index contributed by atoms with van der Waals surface area (Å²) in [6, 6.07) is 39.9. The highest BCUT2D eigenvalue weighted by Gasteiger charge is 2.08. The average Bonchev–Trinajstić information content (AvgIpc) is 2.81. The molecule has 0 fully saturated rings. The minimum absolute atomic E-state index is 0.780. The highest BCUT2D eigenvalue weighted by Crippen LogP contribution is 2.34. The lowest BCUT2D eigenvalue weighted by atomic mass is 9.97. The molecule has 5 rings (SSSR count). The van der Waals surface area contributed by atoms with Crippen molar-refractivity contribution in [2.75, 3.05) is 11.1 Å². The van der Waals surface area contributed by atoms with Crippen LogP contribution in [-0.2, 0) is 0 Å². The first-order valence-corrected chi connectivity index (χ1v) is 10.1. The Morgan fingerprint density at radius 2 is 1.07 bits per heavy atom. The summed E-state index contributed by atoms with van der Waals surface area (Å²) >= 11 is 0. The summed E-state index contributed by atoms with van der Waals surface area (Å²) in [6.07, 6.45) is 0. The van der Waals surface area contributed by atoms with Gasteiger partial charge in [-0.3, -0.25) is 0 Å². The molecule has 0 aliphatic rings. The SMILES string of the molecule is Nc1ccc(-c2ccc(Nc3ccc(-c4ccccc4)c4ccccc34)cc2)cc1. The van der Waals surface area contributed by atoms with Crippen LogP contribution in [0.1, 0.15) is 0 Å². The Balaban J connectivity index is 1.48. The van der Waals surface area contributed by atoms with Crippen molar-refractivity contribution in [1.29, 1.82) is 0 Å². The number of nitrogens with two attached hydrogens (primary N) is 1. The van der Waals surface area contributed by atoms with Gasteiger partial charge in [-0.2, -0.15) is 0 Å². The van der Waals surface area contributed by atoms with E-state index in [1.807, 2.05) is 24.3 Å². The Kier molecular flexibility index (Phi) is 4.66. The molecule has 0 bridgehead atoms. The average molecular weight is 386 g/mol. The minimum atomic E-state index is 0.780. The Morgan fingerprint density at radius 3 is 1.77 bits per heavy atom. The van der Waals surface area contributed by atoms with Crippen molar-refractivity contribution in [1.82, 2.24) is 0 Å². The molecule has 144 valence electrons. The van der Waals surface area contributed by atoms with Crippen LogP contribution < -0.4 is 11.1 Å². The number of nitrogens with one attached hydrogen (secondary N) is 1. The van der Waals surface area contributed by atoms with Gasteiger partial charge in [0.2, 0.25) is 0 Å². The molecule has 3 N–H and O–H groups in total. The zero-order valence-corrected chi connectivity index (χ0v) is 16.5. The smallest absolute Gasteiger partial charge is 0.0464 e. The summed E-state index contributed by atoms with van der Waals surface area (Å²) in [5.41, 5.74) is 13.5. The highest BCUT2D eigenvalue weighted by atomic mass is 14.9. The predicted molar refractivity (Wildman–Crippen MR) is 129 cm³/mol. The molecule has 2 heteroatoms. The molecule has 0 radical (unpaired) electrons. The molecular formula is C28H22N2. The van der Waals surface area contributed by atoms with Crippen LogP contribution in [0.5, 0.6) is 0 Å². The van der Waals surface area contributed by atoms with Crippen LogP contribution in [-0.4, -0.2) is 0 Å². The van der Waals surface area contributed by atoms with Gasteiger partial charge < -0.3 is 11.1 Å². The van der Waals surface area contributed by atoms with Crippen molar-refractivity contribution in [2.45, 2.75) is 0 Å². The largest absolute Gasteiger partial charge is 0.399 e. The third-order valence-electron chi connectivity index (χ3n) is 5.42. The van der Waals surface area contributed by atoms with E-state index in [0.717, 1.165) is 22.6 Å². The molecule has 0 atom stereocenters. The van der Waals surface area contributed by atoms with Crippen molar-refractivity contribution in [3.63, 3.8) is 0 Å². The van der Waals surface area contributed by atoms with E-state index in [9.17, 15) is 0 Å². The van der Waals surface area contributed by atoms with Gasteiger partial charge in [0, 0.05) is 22.4 Å². The van der Waals surface area contributed by atoms with Gasteiger partial charge in [-0.1, -0.05) is 84.9 Å². The standard InChI is InChI=1S/C28H22N2/c29-23-14-10-20(11-15-23)21-12-16-24(17-13-21)30-28-19-18-25(22-6-2-1-3-7-22)26-8-4-5-9-27(26)28/h1-19,30H,29H2. The van der Waals surface area contributed by atoms with Crippen molar-refractivity contribution in [2.24, 2.45) is 0 Å². The van der Waals surface area contributed by atoms with Gasteiger partial charge in [-0.25, -0.2) is 0 Å². The lowest BCUT2D eigenvalue weighted by Gasteiger charge is -2.14. The Hall–Kier alpha value is -4.04. The lowest BCUT2D eigenvalue weighted by molar-refractivity contribution is 1.55. The van der Waals surface area contributed by atoms with Gasteiger partial charge in [0.05, 0.1) is 0 Å². The number of nitrogen functional groups attached to an aromatic ring is 1. The summed E-state index contributed by atoms with van der Waals surface area (Å²) in [5.74, 6) is 0. The fourth-order valence-corrected chi connectivity index (χ4v) is 3.85. The van der Waals surface area contributed by atoms with Crippen molar-refractivity contribution in [3.8, 4) is 22.3 Å². The van der Waals surface area contributed by atoms with Crippen LogP contribution in [0.2, 0.25) is 0 Å². The van der Waals surface area contributed by atoms with Crippen LogP contribution in [0.25, 0.3) is 33.0 Å². The number of rotatable bonds is 4. The fourth-order valence-electron chi connectivity index (χ4n) is 3.85. The Morgan fingerprint density at radius 1 is 0.467 bits per heavy atom.